The Balaban J connectivity index is 1.19. The SMILES string of the molecule is CN(N=Cc1ccc(Nc2ccccc2-c2ccc(N(c3ccccc3)c3ccccc3)cc2)cc1)c1ccc(Cl)cc1. The van der Waals surface area contributed by atoms with Crippen molar-refractivity contribution in [3.05, 3.63) is 168 Å². The summed E-state index contributed by atoms with van der Waals surface area (Å²) in [5.41, 5.74) is 9.65. The molecule has 0 saturated carbocycles. The summed E-state index contributed by atoms with van der Waals surface area (Å²) >= 11 is 6.00. The van der Waals surface area contributed by atoms with Crippen LogP contribution >= 0.6 is 11.6 Å². The van der Waals surface area contributed by atoms with Gasteiger partial charge in [-0.1, -0.05) is 90.5 Å². The van der Waals surface area contributed by atoms with Gasteiger partial charge in [0.05, 0.1) is 11.9 Å². The molecule has 0 fully saturated rings. The van der Waals surface area contributed by atoms with Crippen LogP contribution in [0.25, 0.3) is 11.1 Å². The molecule has 43 heavy (non-hydrogen) atoms. The molecule has 0 saturated heterocycles. The molecule has 0 aliphatic heterocycles. The number of para-hydroxylation sites is 3. The molecule has 6 rings (SSSR count). The Labute approximate surface area is 258 Å². The molecule has 0 spiro atoms. The maximum atomic E-state index is 6.00. The normalized spacial score (nSPS) is 10.9. The summed E-state index contributed by atoms with van der Waals surface area (Å²) in [7, 11) is 1.92. The Bertz CT molecular complexity index is 1750. The van der Waals surface area contributed by atoms with E-state index < -0.39 is 0 Å². The van der Waals surface area contributed by atoms with Crippen molar-refractivity contribution in [2.45, 2.75) is 0 Å². The van der Waals surface area contributed by atoms with E-state index in [4.69, 9.17) is 11.6 Å². The second-order valence-electron chi connectivity index (χ2n) is 10.1. The minimum Gasteiger partial charge on any atom is -0.355 e. The Morgan fingerprint density at radius 2 is 1.09 bits per heavy atom. The number of hydrogen-bond acceptors (Lipinski definition) is 4. The molecule has 0 aliphatic rings. The van der Waals surface area contributed by atoms with E-state index in [0.717, 1.165) is 50.8 Å². The maximum absolute atomic E-state index is 6.00. The zero-order chi connectivity index (χ0) is 29.4. The smallest absolute Gasteiger partial charge is 0.0591 e. The molecular weight excluding hydrogens is 548 g/mol. The van der Waals surface area contributed by atoms with Crippen LogP contribution in [0, 0.1) is 0 Å². The summed E-state index contributed by atoms with van der Waals surface area (Å²) in [4.78, 5) is 2.27. The molecule has 0 aromatic heterocycles. The fourth-order valence-corrected chi connectivity index (χ4v) is 5.05. The predicted octanol–water partition coefficient (Wildman–Crippen LogP) is 10.7. The summed E-state index contributed by atoms with van der Waals surface area (Å²) in [6, 6.07) is 53.9. The number of hydrazone groups is 1. The van der Waals surface area contributed by atoms with E-state index in [0.29, 0.717) is 5.02 Å². The van der Waals surface area contributed by atoms with Gasteiger partial charge in [-0.05, 0) is 90.0 Å². The first kappa shape index (κ1) is 27.8. The van der Waals surface area contributed by atoms with E-state index in [1.54, 1.807) is 0 Å². The Morgan fingerprint density at radius 3 is 1.72 bits per heavy atom. The third-order valence-electron chi connectivity index (χ3n) is 7.16. The van der Waals surface area contributed by atoms with Gasteiger partial charge in [0.1, 0.15) is 0 Å². The average molecular weight is 579 g/mol. The van der Waals surface area contributed by atoms with Gasteiger partial charge >= 0.3 is 0 Å². The van der Waals surface area contributed by atoms with Crippen LogP contribution in [-0.2, 0) is 0 Å². The molecule has 0 amide bonds. The zero-order valence-electron chi connectivity index (χ0n) is 23.8. The van der Waals surface area contributed by atoms with Crippen molar-refractivity contribution in [1.82, 2.24) is 0 Å². The van der Waals surface area contributed by atoms with E-state index in [2.05, 4.69) is 137 Å². The lowest BCUT2D eigenvalue weighted by Gasteiger charge is -2.25. The summed E-state index contributed by atoms with van der Waals surface area (Å²) in [6.07, 6.45) is 1.85. The number of halogens is 1. The van der Waals surface area contributed by atoms with Crippen molar-refractivity contribution >= 4 is 51.9 Å². The van der Waals surface area contributed by atoms with Gasteiger partial charge < -0.3 is 10.2 Å². The van der Waals surface area contributed by atoms with Crippen molar-refractivity contribution in [3.8, 4) is 11.1 Å². The van der Waals surface area contributed by atoms with E-state index >= 15 is 0 Å². The van der Waals surface area contributed by atoms with Gasteiger partial charge in [-0.25, -0.2) is 0 Å². The highest BCUT2D eigenvalue weighted by atomic mass is 35.5. The highest BCUT2D eigenvalue weighted by molar-refractivity contribution is 6.30. The topological polar surface area (TPSA) is 30.9 Å². The van der Waals surface area contributed by atoms with Crippen LogP contribution in [-0.4, -0.2) is 13.3 Å². The third kappa shape index (κ3) is 6.78. The van der Waals surface area contributed by atoms with E-state index in [-0.39, 0.29) is 0 Å². The molecule has 6 aromatic rings. The monoisotopic (exact) mass is 578 g/mol. The van der Waals surface area contributed by atoms with Crippen molar-refractivity contribution in [1.29, 1.82) is 0 Å². The fraction of sp³-hybridized carbons (Fsp3) is 0.0263. The van der Waals surface area contributed by atoms with Crippen molar-refractivity contribution in [2.75, 3.05) is 22.3 Å². The van der Waals surface area contributed by atoms with E-state index in [9.17, 15) is 0 Å². The van der Waals surface area contributed by atoms with Gasteiger partial charge in [-0.3, -0.25) is 5.01 Å². The zero-order valence-corrected chi connectivity index (χ0v) is 24.6. The van der Waals surface area contributed by atoms with Gasteiger partial charge in [-0.2, -0.15) is 5.10 Å². The van der Waals surface area contributed by atoms with Crippen molar-refractivity contribution in [2.24, 2.45) is 5.10 Å². The Morgan fingerprint density at radius 1 is 0.558 bits per heavy atom. The lowest BCUT2D eigenvalue weighted by atomic mass is 10.0. The number of hydrogen-bond donors (Lipinski definition) is 1. The quantitative estimate of drug-likeness (QED) is 0.137. The van der Waals surface area contributed by atoms with Gasteiger partial charge in [0.15, 0.2) is 0 Å². The second kappa shape index (κ2) is 13.1. The summed E-state index contributed by atoms with van der Waals surface area (Å²) in [6.45, 7) is 0. The van der Waals surface area contributed by atoms with Crippen molar-refractivity contribution < 1.29 is 0 Å². The standard InChI is InChI=1S/C38H31ClN4/c1-42(33-26-20-31(39)21-27-33)40-28-29-16-22-32(23-17-29)41-38-15-9-8-14-37(38)30-18-24-36(25-19-30)43(34-10-4-2-5-11-34)35-12-6-3-7-13-35/h2-28,41H,1H3. The minimum atomic E-state index is 0.709. The molecule has 4 nitrogen and oxygen atoms in total. The molecule has 210 valence electrons. The molecule has 0 unspecified atom stereocenters. The van der Waals surface area contributed by atoms with Gasteiger partial charge in [0.25, 0.3) is 0 Å². The van der Waals surface area contributed by atoms with Crippen LogP contribution in [0.2, 0.25) is 5.02 Å². The maximum Gasteiger partial charge on any atom is 0.0591 e. The molecule has 0 radical (unpaired) electrons. The Hall–Kier alpha value is -5.32. The lowest BCUT2D eigenvalue weighted by molar-refractivity contribution is 1.02. The molecule has 6 aromatic carbocycles. The second-order valence-corrected chi connectivity index (χ2v) is 10.5. The molecular formula is C38H31ClN4. The first-order chi connectivity index (χ1) is 21.1. The van der Waals surface area contributed by atoms with Gasteiger partial charge in [0, 0.05) is 46.1 Å². The minimum absolute atomic E-state index is 0.709. The number of anilines is 6. The predicted molar refractivity (Wildman–Crippen MR) is 184 cm³/mol. The number of nitrogens with zero attached hydrogens (tertiary/aromatic N) is 3. The van der Waals surface area contributed by atoms with E-state index in [1.807, 2.05) is 54.7 Å². The number of rotatable bonds is 9. The van der Waals surface area contributed by atoms with Crippen LogP contribution in [0.3, 0.4) is 0 Å². The van der Waals surface area contributed by atoms with Crippen LogP contribution in [0.4, 0.5) is 34.1 Å². The fourth-order valence-electron chi connectivity index (χ4n) is 4.92. The van der Waals surface area contributed by atoms with Crippen LogP contribution in [0.15, 0.2) is 163 Å². The highest BCUT2D eigenvalue weighted by Crippen LogP contribution is 2.37. The largest absolute Gasteiger partial charge is 0.355 e. The third-order valence-corrected chi connectivity index (χ3v) is 7.41. The number of nitrogens with one attached hydrogen (secondary N) is 1. The highest BCUT2D eigenvalue weighted by Gasteiger charge is 2.13. The first-order valence-corrected chi connectivity index (χ1v) is 14.5. The van der Waals surface area contributed by atoms with Gasteiger partial charge in [0.2, 0.25) is 0 Å². The van der Waals surface area contributed by atoms with E-state index in [1.165, 1.54) is 0 Å². The first-order valence-electron chi connectivity index (χ1n) is 14.1. The molecule has 0 bridgehead atoms. The molecule has 1 N–H and O–H groups in total. The Kier molecular flexibility index (Phi) is 8.49. The molecule has 5 heteroatoms. The van der Waals surface area contributed by atoms with Crippen LogP contribution in [0.1, 0.15) is 5.56 Å². The summed E-state index contributed by atoms with van der Waals surface area (Å²) in [5, 5.41) is 10.7. The molecule has 0 aliphatic carbocycles. The molecule has 0 atom stereocenters. The molecule has 0 heterocycles. The van der Waals surface area contributed by atoms with Crippen LogP contribution in [0.5, 0.6) is 0 Å². The van der Waals surface area contributed by atoms with Gasteiger partial charge in [-0.15, -0.1) is 0 Å². The van der Waals surface area contributed by atoms with Crippen LogP contribution < -0.4 is 15.2 Å². The summed E-state index contributed by atoms with van der Waals surface area (Å²) < 4.78 is 0. The lowest BCUT2D eigenvalue weighted by Crippen LogP contribution is -2.09. The average Bonchev–Trinajstić information content (AvgIpc) is 3.06. The van der Waals surface area contributed by atoms with Crippen molar-refractivity contribution in [3.63, 3.8) is 0 Å². The summed E-state index contributed by atoms with van der Waals surface area (Å²) in [5.74, 6) is 0. The number of benzene rings is 6.